The molecule has 2 N–H and O–H groups in total. The number of rotatable bonds is 5. The average Bonchev–Trinajstić information content (AvgIpc) is 2.52. The van der Waals surface area contributed by atoms with Gasteiger partial charge in [-0.25, -0.2) is 4.79 Å². The molecule has 0 aliphatic rings. The molecule has 2 rings (SSSR count). The van der Waals surface area contributed by atoms with E-state index in [1.54, 1.807) is 0 Å². The van der Waals surface area contributed by atoms with Gasteiger partial charge in [0.05, 0.1) is 12.6 Å². The van der Waals surface area contributed by atoms with Gasteiger partial charge in [0, 0.05) is 4.47 Å². The molecule has 21 heavy (non-hydrogen) atoms. The van der Waals surface area contributed by atoms with Crippen molar-refractivity contribution in [3.05, 3.63) is 70.2 Å². The van der Waals surface area contributed by atoms with Crippen LogP contribution in [-0.2, 0) is 11.3 Å². The molecule has 0 aromatic heterocycles. The maximum absolute atomic E-state index is 11.8. The summed E-state index contributed by atoms with van der Waals surface area (Å²) in [6.07, 6.45) is -0.555. The van der Waals surface area contributed by atoms with Crippen molar-refractivity contribution in [2.45, 2.75) is 12.6 Å². The number of ether oxygens (including phenoxy) is 1. The Bertz CT molecular complexity index is 572. The summed E-state index contributed by atoms with van der Waals surface area (Å²) in [7, 11) is 0. The normalized spacial score (nSPS) is 11.7. The van der Waals surface area contributed by atoms with Crippen LogP contribution in [0.15, 0.2) is 59.1 Å². The first kappa shape index (κ1) is 15.5. The molecule has 5 heteroatoms. The van der Waals surface area contributed by atoms with Gasteiger partial charge in [-0.1, -0.05) is 58.4 Å². The summed E-state index contributed by atoms with van der Waals surface area (Å²) in [6, 6.07) is 16.3. The minimum Gasteiger partial charge on any atom is -0.445 e. The molecule has 0 fully saturated rings. The lowest BCUT2D eigenvalue weighted by Gasteiger charge is -2.16. The zero-order chi connectivity index (χ0) is 15.1. The maximum Gasteiger partial charge on any atom is 0.408 e. The fourth-order valence-electron chi connectivity index (χ4n) is 1.84. The molecule has 0 saturated heterocycles. The van der Waals surface area contributed by atoms with E-state index in [-0.39, 0.29) is 13.2 Å². The third-order valence-corrected chi connectivity index (χ3v) is 3.49. The van der Waals surface area contributed by atoms with Gasteiger partial charge in [-0.2, -0.15) is 0 Å². The zero-order valence-electron chi connectivity index (χ0n) is 11.3. The van der Waals surface area contributed by atoms with E-state index in [0.29, 0.717) is 0 Å². The molecular formula is C16H16BrNO3. The van der Waals surface area contributed by atoms with Crippen LogP contribution in [-0.4, -0.2) is 17.8 Å². The van der Waals surface area contributed by atoms with Crippen molar-refractivity contribution in [2.24, 2.45) is 0 Å². The summed E-state index contributed by atoms with van der Waals surface area (Å²) < 4.78 is 6.07. The van der Waals surface area contributed by atoms with Crippen LogP contribution in [0.25, 0.3) is 0 Å². The van der Waals surface area contributed by atoms with Crippen molar-refractivity contribution in [1.29, 1.82) is 0 Å². The lowest BCUT2D eigenvalue weighted by atomic mass is 10.1. The van der Waals surface area contributed by atoms with Crippen LogP contribution in [0.5, 0.6) is 0 Å². The Balaban J connectivity index is 1.89. The first-order valence-corrected chi connectivity index (χ1v) is 7.32. The lowest BCUT2D eigenvalue weighted by Crippen LogP contribution is -2.31. The van der Waals surface area contributed by atoms with Crippen molar-refractivity contribution in [3.8, 4) is 0 Å². The minimum atomic E-state index is -0.555. The Labute approximate surface area is 131 Å². The van der Waals surface area contributed by atoms with Crippen molar-refractivity contribution >= 4 is 22.0 Å². The number of carbonyl (C=O) groups excluding carboxylic acids is 1. The number of nitrogens with one attached hydrogen (secondary N) is 1. The van der Waals surface area contributed by atoms with Gasteiger partial charge in [0.1, 0.15) is 6.61 Å². The van der Waals surface area contributed by atoms with Crippen LogP contribution in [0.1, 0.15) is 17.2 Å². The number of hydrogen-bond donors (Lipinski definition) is 2. The SMILES string of the molecule is O=C(N[C@H](CO)c1ccc(Br)cc1)OCc1ccccc1. The first-order chi connectivity index (χ1) is 10.2. The molecule has 0 unspecified atom stereocenters. The molecule has 1 amide bonds. The molecule has 0 heterocycles. The van der Waals surface area contributed by atoms with Crippen LogP contribution >= 0.6 is 15.9 Å². The van der Waals surface area contributed by atoms with E-state index in [1.807, 2.05) is 54.6 Å². The molecule has 2 aromatic rings. The van der Waals surface area contributed by atoms with E-state index in [4.69, 9.17) is 4.74 Å². The van der Waals surface area contributed by atoms with E-state index in [1.165, 1.54) is 0 Å². The van der Waals surface area contributed by atoms with E-state index >= 15 is 0 Å². The number of hydrogen-bond acceptors (Lipinski definition) is 3. The average molecular weight is 350 g/mol. The monoisotopic (exact) mass is 349 g/mol. The van der Waals surface area contributed by atoms with Gasteiger partial charge in [-0.3, -0.25) is 0 Å². The summed E-state index contributed by atoms with van der Waals surface area (Å²) in [6.45, 7) is 0.00717. The summed E-state index contributed by atoms with van der Waals surface area (Å²) in [5.74, 6) is 0. The highest BCUT2D eigenvalue weighted by Gasteiger charge is 2.14. The largest absolute Gasteiger partial charge is 0.445 e. The van der Waals surface area contributed by atoms with Crippen LogP contribution in [0.4, 0.5) is 4.79 Å². The van der Waals surface area contributed by atoms with Crippen molar-refractivity contribution < 1.29 is 14.6 Å². The summed E-state index contributed by atoms with van der Waals surface area (Å²) >= 11 is 3.34. The molecular weight excluding hydrogens is 334 g/mol. The fourth-order valence-corrected chi connectivity index (χ4v) is 2.10. The third kappa shape index (κ3) is 4.88. The zero-order valence-corrected chi connectivity index (χ0v) is 12.9. The molecule has 1 atom stereocenters. The first-order valence-electron chi connectivity index (χ1n) is 6.52. The Hall–Kier alpha value is -1.85. The standard InChI is InChI=1S/C16H16BrNO3/c17-14-8-6-13(7-9-14)15(10-19)18-16(20)21-11-12-4-2-1-3-5-12/h1-9,15,19H,10-11H2,(H,18,20)/t15-/m1/s1. The number of benzene rings is 2. The van der Waals surface area contributed by atoms with Crippen LogP contribution in [0, 0.1) is 0 Å². The number of carbonyl (C=O) groups is 1. The summed E-state index contributed by atoms with van der Waals surface area (Å²) in [5.41, 5.74) is 1.73. The molecule has 0 aliphatic heterocycles. The van der Waals surface area contributed by atoms with Gasteiger partial charge in [0.2, 0.25) is 0 Å². The van der Waals surface area contributed by atoms with Crippen LogP contribution in [0.2, 0.25) is 0 Å². The molecule has 0 bridgehead atoms. The van der Waals surface area contributed by atoms with Gasteiger partial charge in [0.15, 0.2) is 0 Å². The fraction of sp³-hybridized carbons (Fsp3) is 0.188. The Morgan fingerprint density at radius 1 is 1.14 bits per heavy atom. The Morgan fingerprint density at radius 3 is 2.43 bits per heavy atom. The Morgan fingerprint density at radius 2 is 1.81 bits per heavy atom. The molecule has 2 aromatic carbocycles. The number of aliphatic hydroxyl groups is 1. The lowest BCUT2D eigenvalue weighted by molar-refractivity contribution is 0.129. The van der Waals surface area contributed by atoms with Crippen LogP contribution < -0.4 is 5.32 Å². The molecule has 0 aliphatic carbocycles. The van der Waals surface area contributed by atoms with Crippen molar-refractivity contribution in [2.75, 3.05) is 6.61 Å². The summed E-state index contributed by atoms with van der Waals surface area (Å²) in [4.78, 5) is 11.8. The van der Waals surface area contributed by atoms with Gasteiger partial charge >= 0.3 is 6.09 Å². The molecule has 0 spiro atoms. The topological polar surface area (TPSA) is 58.6 Å². The van der Waals surface area contributed by atoms with Gasteiger partial charge in [0.25, 0.3) is 0 Å². The van der Waals surface area contributed by atoms with Crippen molar-refractivity contribution in [1.82, 2.24) is 5.32 Å². The number of alkyl carbamates (subject to hydrolysis) is 1. The number of halogens is 1. The predicted octanol–water partition coefficient (Wildman–Crippen LogP) is 3.41. The molecule has 0 radical (unpaired) electrons. The summed E-state index contributed by atoms with van der Waals surface area (Å²) in [5, 5.41) is 12.0. The van der Waals surface area contributed by atoms with E-state index in [0.717, 1.165) is 15.6 Å². The quantitative estimate of drug-likeness (QED) is 0.869. The van der Waals surface area contributed by atoms with E-state index in [9.17, 15) is 9.90 Å². The highest BCUT2D eigenvalue weighted by atomic mass is 79.9. The number of amides is 1. The Kier molecular flexibility index (Phi) is 5.78. The highest BCUT2D eigenvalue weighted by Crippen LogP contribution is 2.16. The highest BCUT2D eigenvalue weighted by molar-refractivity contribution is 9.10. The maximum atomic E-state index is 11.8. The molecule has 0 saturated carbocycles. The molecule has 4 nitrogen and oxygen atoms in total. The van der Waals surface area contributed by atoms with Gasteiger partial charge in [-0.15, -0.1) is 0 Å². The van der Waals surface area contributed by atoms with Crippen molar-refractivity contribution in [3.63, 3.8) is 0 Å². The van der Waals surface area contributed by atoms with Crippen LogP contribution in [0.3, 0.4) is 0 Å². The van der Waals surface area contributed by atoms with Gasteiger partial charge in [-0.05, 0) is 23.3 Å². The second-order valence-corrected chi connectivity index (χ2v) is 5.41. The predicted molar refractivity (Wildman–Crippen MR) is 83.7 cm³/mol. The van der Waals surface area contributed by atoms with E-state index in [2.05, 4.69) is 21.2 Å². The minimum absolute atomic E-state index is 0.192. The smallest absolute Gasteiger partial charge is 0.408 e. The second kappa shape index (κ2) is 7.81. The molecule has 110 valence electrons. The second-order valence-electron chi connectivity index (χ2n) is 4.49. The third-order valence-electron chi connectivity index (χ3n) is 2.96. The number of aliphatic hydroxyl groups excluding tert-OH is 1. The van der Waals surface area contributed by atoms with E-state index < -0.39 is 12.1 Å². The van der Waals surface area contributed by atoms with Gasteiger partial charge < -0.3 is 15.2 Å².